The molecular weight excluding hydrogens is 310 g/mol. The van der Waals surface area contributed by atoms with Crippen LogP contribution >= 0.6 is 15.9 Å². The molecule has 0 aliphatic heterocycles. The zero-order valence-corrected chi connectivity index (χ0v) is 14.2. The first kappa shape index (κ1) is 14.6. The molecule has 1 unspecified atom stereocenters. The van der Waals surface area contributed by atoms with Crippen molar-refractivity contribution >= 4 is 15.9 Å². The van der Waals surface area contributed by atoms with Gasteiger partial charge in [-0.2, -0.15) is 0 Å². The summed E-state index contributed by atoms with van der Waals surface area (Å²) in [6.45, 7) is 4.88. The molecule has 1 aromatic rings. The van der Waals surface area contributed by atoms with E-state index < -0.39 is 0 Å². The van der Waals surface area contributed by atoms with Gasteiger partial charge in [-0.3, -0.25) is 0 Å². The Labute approximate surface area is 131 Å². The molecule has 1 aromatic carbocycles. The van der Waals surface area contributed by atoms with E-state index in [4.69, 9.17) is 0 Å². The van der Waals surface area contributed by atoms with Gasteiger partial charge in [0.05, 0.1) is 0 Å². The maximum atomic E-state index is 3.95. The van der Waals surface area contributed by atoms with E-state index >= 15 is 0 Å². The number of hydrogen-bond donors (Lipinski definition) is 1. The van der Waals surface area contributed by atoms with E-state index in [1.54, 1.807) is 0 Å². The lowest BCUT2D eigenvalue weighted by molar-refractivity contribution is 0.130. The molecule has 1 N–H and O–H groups in total. The number of halogens is 1. The number of rotatable bonds is 3. The summed E-state index contributed by atoms with van der Waals surface area (Å²) < 4.78 is 1.21. The molecule has 2 saturated carbocycles. The van der Waals surface area contributed by atoms with Crippen LogP contribution in [0.1, 0.15) is 63.9 Å². The zero-order chi connectivity index (χ0) is 14.2. The molecule has 0 amide bonds. The van der Waals surface area contributed by atoms with Crippen molar-refractivity contribution in [3.63, 3.8) is 0 Å². The van der Waals surface area contributed by atoms with E-state index in [9.17, 15) is 0 Å². The molecule has 3 rings (SSSR count). The summed E-state index contributed by atoms with van der Waals surface area (Å²) in [5.74, 6) is 0.761. The normalized spacial score (nSPS) is 32.6. The number of hydrogen-bond acceptors (Lipinski definition) is 1. The first-order chi connectivity index (χ1) is 9.54. The molecule has 2 aliphatic rings. The second-order valence-corrected chi connectivity index (χ2v) is 8.29. The minimum Gasteiger partial charge on any atom is -0.311 e. The summed E-state index contributed by atoms with van der Waals surface area (Å²) in [4.78, 5) is 0. The van der Waals surface area contributed by atoms with Crippen LogP contribution in [0.3, 0.4) is 0 Å². The van der Waals surface area contributed by atoms with E-state index in [1.165, 1.54) is 48.6 Å². The standard InChI is InChI=1S/C18H26BrN/c1-18(2)9-4-3-8-17(18)20-16-11-14(12-16)13-6-5-7-15(19)10-13/h5-7,10,14,16-17,20H,3-4,8-9,11-12H2,1-2H3. The molecule has 2 aliphatic carbocycles. The van der Waals surface area contributed by atoms with E-state index in [2.05, 4.69) is 59.4 Å². The Hall–Kier alpha value is -0.340. The van der Waals surface area contributed by atoms with Crippen molar-refractivity contribution in [1.82, 2.24) is 5.32 Å². The molecule has 0 heterocycles. The third kappa shape index (κ3) is 3.12. The maximum absolute atomic E-state index is 3.95. The van der Waals surface area contributed by atoms with Crippen LogP contribution in [0.5, 0.6) is 0 Å². The summed E-state index contributed by atoms with van der Waals surface area (Å²) in [7, 11) is 0. The summed E-state index contributed by atoms with van der Waals surface area (Å²) in [6, 6.07) is 10.3. The lowest BCUT2D eigenvalue weighted by Gasteiger charge is -2.45. The predicted molar refractivity (Wildman–Crippen MR) is 89.1 cm³/mol. The molecule has 20 heavy (non-hydrogen) atoms. The molecule has 2 fully saturated rings. The van der Waals surface area contributed by atoms with Crippen LogP contribution in [0.25, 0.3) is 0 Å². The van der Waals surface area contributed by atoms with E-state index in [-0.39, 0.29) is 0 Å². The van der Waals surface area contributed by atoms with Crippen LogP contribution in [0, 0.1) is 5.41 Å². The molecule has 1 atom stereocenters. The second kappa shape index (κ2) is 5.81. The van der Waals surface area contributed by atoms with Crippen LogP contribution in [0.2, 0.25) is 0 Å². The smallest absolute Gasteiger partial charge is 0.0178 e. The molecule has 2 heteroatoms. The molecule has 0 aromatic heterocycles. The summed E-state index contributed by atoms with van der Waals surface area (Å²) in [6.07, 6.45) is 8.18. The van der Waals surface area contributed by atoms with Crippen molar-refractivity contribution in [3.8, 4) is 0 Å². The van der Waals surface area contributed by atoms with Crippen molar-refractivity contribution in [2.75, 3.05) is 0 Å². The number of benzene rings is 1. The van der Waals surface area contributed by atoms with Gasteiger partial charge in [0.25, 0.3) is 0 Å². The molecular formula is C18H26BrN. The lowest BCUT2D eigenvalue weighted by Crippen LogP contribution is -2.52. The van der Waals surface area contributed by atoms with Gasteiger partial charge in [-0.1, -0.05) is 54.8 Å². The fourth-order valence-corrected chi connectivity index (χ4v) is 4.29. The quantitative estimate of drug-likeness (QED) is 0.794. The number of nitrogens with one attached hydrogen (secondary N) is 1. The Kier molecular flexibility index (Phi) is 4.24. The average molecular weight is 336 g/mol. The predicted octanol–water partition coefficient (Wildman–Crippen LogP) is 5.25. The highest BCUT2D eigenvalue weighted by Crippen LogP contribution is 2.41. The Morgan fingerprint density at radius 2 is 2.00 bits per heavy atom. The minimum absolute atomic E-state index is 0.485. The van der Waals surface area contributed by atoms with Crippen molar-refractivity contribution in [2.45, 2.75) is 70.4 Å². The van der Waals surface area contributed by atoms with Crippen molar-refractivity contribution in [2.24, 2.45) is 5.41 Å². The van der Waals surface area contributed by atoms with Crippen LogP contribution in [0.15, 0.2) is 28.7 Å². The minimum atomic E-state index is 0.485. The fourth-order valence-electron chi connectivity index (χ4n) is 3.87. The highest BCUT2D eigenvalue weighted by Gasteiger charge is 2.37. The summed E-state index contributed by atoms with van der Waals surface area (Å²) in [5.41, 5.74) is 1.99. The molecule has 110 valence electrons. The largest absolute Gasteiger partial charge is 0.311 e. The maximum Gasteiger partial charge on any atom is 0.0178 e. The molecule has 0 saturated heterocycles. The van der Waals surface area contributed by atoms with Gasteiger partial charge in [0.1, 0.15) is 0 Å². The van der Waals surface area contributed by atoms with Gasteiger partial charge in [-0.25, -0.2) is 0 Å². The third-order valence-electron chi connectivity index (χ3n) is 5.40. The summed E-state index contributed by atoms with van der Waals surface area (Å²) in [5, 5.41) is 3.95. The highest BCUT2D eigenvalue weighted by molar-refractivity contribution is 9.10. The van der Waals surface area contributed by atoms with Crippen LogP contribution in [-0.2, 0) is 0 Å². The Morgan fingerprint density at radius 1 is 1.20 bits per heavy atom. The van der Waals surface area contributed by atoms with Gasteiger partial charge in [0, 0.05) is 16.6 Å². The molecule has 1 nitrogen and oxygen atoms in total. The summed E-state index contributed by atoms with van der Waals surface area (Å²) >= 11 is 3.58. The van der Waals surface area contributed by atoms with E-state index in [0.717, 1.165) is 18.0 Å². The van der Waals surface area contributed by atoms with Crippen molar-refractivity contribution in [1.29, 1.82) is 0 Å². The Balaban J connectivity index is 1.53. The van der Waals surface area contributed by atoms with Gasteiger partial charge < -0.3 is 5.32 Å². The first-order valence-electron chi connectivity index (χ1n) is 8.06. The van der Waals surface area contributed by atoms with Gasteiger partial charge >= 0.3 is 0 Å². The topological polar surface area (TPSA) is 12.0 Å². The van der Waals surface area contributed by atoms with Gasteiger partial charge in [0.15, 0.2) is 0 Å². The van der Waals surface area contributed by atoms with Crippen molar-refractivity contribution < 1.29 is 0 Å². The molecule has 0 radical (unpaired) electrons. The Bertz CT molecular complexity index is 462. The monoisotopic (exact) mass is 335 g/mol. The van der Waals surface area contributed by atoms with E-state index in [1.807, 2.05) is 0 Å². The highest BCUT2D eigenvalue weighted by atomic mass is 79.9. The fraction of sp³-hybridized carbons (Fsp3) is 0.667. The zero-order valence-electron chi connectivity index (χ0n) is 12.7. The van der Waals surface area contributed by atoms with Gasteiger partial charge in [-0.05, 0) is 54.7 Å². The van der Waals surface area contributed by atoms with Crippen LogP contribution in [-0.4, -0.2) is 12.1 Å². The van der Waals surface area contributed by atoms with Gasteiger partial charge in [0.2, 0.25) is 0 Å². The lowest BCUT2D eigenvalue weighted by atomic mass is 9.70. The van der Waals surface area contributed by atoms with Crippen molar-refractivity contribution in [3.05, 3.63) is 34.3 Å². The molecule has 0 bridgehead atoms. The van der Waals surface area contributed by atoms with Crippen LogP contribution in [0.4, 0.5) is 0 Å². The first-order valence-corrected chi connectivity index (χ1v) is 8.85. The Morgan fingerprint density at radius 3 is 2.70 bits per heavy atom. The van der Waals surface area contributed by atoms with Gasteiger partial charge in [-0.15, -0.1) is 0 Å². The van der Waals surface area contributed by atoms with Crippen LogP contribution < -0.4 is 5.32 Å². The average Bonchev–Trinajstić information content (AvgIpc) is 2.34. The molecule has 0 spiro atoms. The second-order valence-electron chi connectivity index (χ2n) is 7.37. The third-order valence-corrected chi connectivity index (χ3v) is 5.90. The SMILES string of the molecule is CC1(C)CCCCC1NC1CC(c2cccc(Br)c2)C1. The van der Waals surface area contributed by atoms with E-state index in [0.29, 0.717) is 5.41 Å².